The minimum absolute atomic E-state index is 0.0502. The molecule has 0 rings (SSSR count). The van der Waals surface area contributed by atoms with Crippen molar-refractivity contribution in [3.63, 3.8) is 0 Å². The predicted molar refractivity (Wildman–Crippen MR) is 50.4 cm³/mol. The molecule has 0 saturated carbocycles. The highest BCUT2D eigenvalue weighted by atomic mass is 16.2. The molecule has 0 aliphatic carbocycles. The Balaban J connectivity index is 3.64. The molecule has 0 aromatic rings. The van der Waals surface area contributed by atoms with Gasteiger partial charge in [-0.15, -0.1) is 0 Å². The Hall–Kier alpha value is -1.59. The third-order valence-corrected chi connectivity index (χ3v) is 1.43. The van der Waals surface area contributed by atoms with E-state index in [1.54, 1.807) is 14.1 Å². The zero-order chi connectivity index (χ0) is 11.1. The van der Waals surface area contributed by atoms with Gasteiger partial charge in [-0.1, -0.05) is 0 Å². The van der Waals surface area contributed by atoms with Crippen LogP contribution in [0.3, 0.4) is 0 Å². The molecule has 3 amide bonds. The van der Waals surface area contributed by atoms with Crippen molar-refractivity contribution in [1.82, 2.24) is 15.5 Å². The molecule has 2 N–H and O–H groups in total. The molecule has 0 unspecified atom stereocenters. The SMILES string of the molecule is CC(=O)NCC(=O)NCC(=O)N(C)C. The molecule has 80 valence electrons. The fourth-order valence-corrected chi connectivity index (χ4v) is 0.600. The highest BCUT2D eigenvalue weighted by molar-refractivity contribution is 5.87. The van der Waals surface area contributed by atoms with Gasteiger partial charge in [0.2, 0.25) is 17.7 Å². The van der Waals surface area contributed by atoms with Gasteiger partial charge in [0, 0.05) is 21.0 Å². The van der Waals surface area contributed by atoms with Crippen LogP contribution < -0.4 is 10.6 Å². The Morgan fingerprint density at radius 3 is 2.07 bits per heavy atom. The van der Waals surface area contributed by atoms with Gasteiger partial charge in [0.05, 0.1) is 13.1 Å². The first kappa shape index (κ1) is 12.4. The number of rotatable bonds is 4. The van der Waals surface area contributed by atoms with E-state index in [-0.39, 0.29) is 30.8 Å². The summed E-state index contributed by atoms with van der Waals surface area (Å²) in [5.74, 6) is -0.851. The zero-order valence-corrected chi connectivity index (χ0v) is 8.59. The number of hydrogen-bond acceptors (Lipinski definition) is 3. The summed E-state index contributed by atoms with van der Waals surface area (Å²) in [5, 5.41) is 4.70. The second kappa shape index (κ2) is 5.95. The molecule has 0 atom stereocenters. The summed E-state index contributed by atoms with van der Waals surface area (Å²) >= 11 is 0. The van der Waals surface area contributed by atoms with Crippen molar-refractivity contribution in [1.29, 1.82) is 0 Å². The van der Waals surface area contributed by atoms with E-state index in [2.05, 4.69) is 10.6 Å². The maximum Gasteiger partial charge on any atom is 0.241 e. The van der Waals surface area contributed by atoms with Crippen molar-refractivity contribution in [3.8, 4) is 0 Å². The van der Waals surface area contributed by atoms with E-state index in [1.165, 1.54) is 11.8 Å². The molecule has 0 fully saturated rings. The van der Waals surface area contributed by atoms with Crippen LogP contribution in [0, 0.1) is 0 Å². The van der Waals surface area contributed by atoms with Gasteiger partial charge < -0.3 is 15.5 Å². The van der Waals surface area contributed by atoms with E-state index in [1.807, 2.05) is 0 Å². The fourth-order valence-electron chi connectivity index (χ4n) is 0.600. The second-order valence-corrected chi connectivity index (χ2v) is 2.97. The Morgan fingerprint density at radius 1 is 1.07 bits per heavy atom. The number of amides is 3. The highest BCUT2D eigenvalue weighted by Gasteiger charge is 2.06. The Morgan fingerprint density at radius 2 is 1.64 bits per heavy atom. The quantitative estimate of drug-likeness (QED) is 0.570. The first-order valence-electron chi connectivity index (χ1n) is 4.14. The van der Waals surface area contributed by atoms with Gasteiger partial charge in [-0.25, -0.2) is 0 Å². The molecular weight excluding hydrogens is 186 g/mol. The molecule has 0 saturated heterocycles. The predicted octanol–water partition coefficient (Wildman–Crippen LogP) is -1.67. The molecule has 0 spiro atoms. The van der Waals surface area contributed by atoms with E-state index in [9.17, 15) is 14.4 Å². The summed E-state index contributed by atoms with van der Waals surface area (Å²) in [6.07, 6.45) is 0. The molecule has 14 heavy (non-hydrogen) atoms. The molecule has 0 radical (unpaired) electrons. The third kappa shape index (κ3) is 5.99. The molecule has 0 bridgehead atoms. The summed E-state index contributed by atoms with van der Waals surface area (Å²) in [5.41, 5.74) is 0. The minimum Gasteiger partial charge on any atom is -0.347 e. The molecule has 0 aliphatic heterocycles. The Bertz CT molecular complexity index is 238. The molecule has 0 aliphatic rings. The molecule has 0 heterocycles. The topological polar surface area (TPSA) is 78.5 Å². The van der Waals surface area contributed by atoms with Crippen molar-refractivity contribution in [2.45, 2.75) is 6.92 Å². The molecule has 6 heteroatoms. The second-order valence-electron chi connectivity index (χ2n) is 2.97. The Labute approximate surface area is 82.6 Å². The Kier molecular flexibility index (Phi) is 5.28. The van der Waals surface area contributed by atoms with E-state index < -0.39 is 0 Å². The van der Waals surface area contributed by atoms with Gasteiger partial charge >= 0.3 is 0 Å². The molecule has 0 aromatic carbocycles. The summed E-state index contributed by atoms with van der Waals surface area (Å²) in [7, 11) is 3.20. The van der Waals surface area contributed by atoms with Gasteiger partial charge in [0.1, 0.15) is 0 Å². The van der Waals surface area contributed by atoms with Crippen LogP contribution in [0.2, 0.25) is 0 Å². The van der Waals surface area contributed by atoms with E-state index in [0.717, 1.165) is 0 Å². The first-order chi connectivity index (χ1) is 6.43. The maximum atomic E-state index is 11.0. The van der Waals surface area contributed by atoms with Crippen molar-refractivity contribution >= 4 is 17.7 Å². The summed E-state index contributed by atoms with van der Waals surface area (Å²) < 4.78 is 0. The molecule has 6 nitrogen and oxygen atoms in total. The fraction of sp³-hybridized carbons (Fsp3) is 0.625. The lowest BCUT2D eigenvalue weighted by atomic mass is 10.5. The van der Waals surface area contributed by atoms with Crippen LogP contribution in [0.25, 0.3) is 0 Å². The summed E-state index contributed by atoms with van der Waals surface area (Å²) in [4.78, 5) is 33.8. The van der Waals surface area contributed by atoms with Gasteiger partial charge in [0.25, 0.3) is 0 Å². The number of likely N-dealkylation sites (N-methyl/N-ethyl adjacent to an activating group) is 1. The van der Waals surface area contributed by atoms with Crippen LogP contribution >= 0.6 is 0 Å². The van der Waals surface area contributed by atoms with Crippen LogP contribution in [0.15, 0.2) is 0 Å². The first-order valence-corrected chi connectivity index (χ1v) is 4.14. The van der Waals surface area contributed by atoms with Crippen LogP contribution in [0.1, 0.15) is 6.92 Å². The van der Waals surface area contributed by atoms with Gasteiger partial charge in [-0.2, -0.15) is 0 Å². The van der Waals surface area contributed by atoms with Crippen LogP contribution in [-0.4, -0.2) is 49.8 Å². The van der Waals surface area contributed by atoms with E-state index in [4.69, 9.17) is 0 Å². The third-order valence-electron chi connectivity index (χ3n) is 1.43. The minimum atomic E-state index is -0.379. The summed E-state index contributed by atoms with van der Waals surface area (Å²) in [6, 6.07) is 0. The van der Waals surface area contributed by atoms with Gasteiger partial charge in [0.15, 0.2) is 0 Å². The zero-order valence-electron chi connectivity index (χ0n) is 8.59. The molecular formula is C8H15N3O3. The highest BCUT2D eigenvalue weighted by Crippen LogP contribution is 1.75. The maximum absolute atomic E-state index is 11.0. The molecule has 0 aromatic heterocycles. The average molecular weight is 201 g/mol. The summed E-state index contributed by atoms with van der Waals surface area (Å²) in [6.45, 7) is 1.17. The van der Waals surface area contributed by atoms with Crippen molar-refractivity contribution in [2.75, 3.05) is 27.2 Å². The average Bonchev–Trinajstić information content (AvgIpc) is 2.10. The van der Waals surface area contributed by atoms with Gasteiger partial charge in [-0.05, 0) is 0 Å². The number of nitrogens with zero attached hydrogens (tertiary/aromatic N) is 1. The van der Waals surface area contributed by atoms with Crippen molar-refractivity contribution in [3.05, 3.63) is 0 Å². The van der Waals surface area contributed by atoms with Crippen LogP contribution in [0.5, 0.6) is 0 Å². The lowest BCUT2D eigenvalue weighted by Gasteiger charge is -2.10. The monoisotopic (exact) mass is 201 g/mol. The number of carbonyl (C=O) groups is 3. The number of nitrogens with one attached hydrogen (secondary N) is 2. The standard InChI is InChI=1S/C8H15N3O3/c1-6(12)9-4-7(13)10-5-8(14)11(2)3/h4-5H2,1-3H3,(H,9,12)(H,10,13). The normalized spacial score (nSPS) is 9.07. The van der Waals surface area contributed by atoms with E-state index in [0.29, 0.717) is 0 Å². The number of carbonyl (C=O) groups excluding carboxylic acids is 3. The smallest absolute Gasteiger partial charge is 0.241 e. The van der Waals surface area contributed by atoms with Crippen LogP contribution in [0.4, 0.5) is 0 Å². The lowest BCUT2D eigenvalue weighted by molar-refractivity contribution is -0.131. The van der Waals surface area contributed by atoms with E-state index >= 15 is 0 Å². The largest absolute Gasteiger partial charge is 0.347 e. The van der Waals surface area contributed by atoms with Crippen LogP contribution in [-0.2, 0) is 14.4 Å². The number of hydrogen-bond donors (Lipinski definition) is 2. The van der Waals surface area contributed by atoms with Crippen molar-refractivity contribution < 1.29 is 14.4 Å². The van der Waals surface area contributed by atoms with Crippen molar-refractivity contribution in [2.24, 2.45) is 0 Å². The van der Waals surface area contributed by atoms with Gasteiger partial charge in [-0.3, -0.25) is 14.4 Å². The lowest BCUT2D eigenvalue weighted by Crippen LogP contribution is -2.41.